The fourth-order valence-electron chi connectivity index (χ4n) is 1.05. The monoisotopic (exact) mass is 240 g/mol. The van der Waals surface area contributed by atoms with E-state index in [2.05, 4.69) is 10.3 Å². The van der Waals surface area contributed by atoms with E-state index in [1.165, 1.54) is 6.20 Å². The van der Waals surface area contributed by atoms with E-state index in [9.17, 15) is 4.79 Å². The summed E-state index contributed by atoms with van der Waals surface area (Å²) in [6, 6.07) is 3.19. The van der Waals surface area contributed by atoms with E-state index in [0.29, 0.717) is 12.1 Å². The minimum atomic E-state index is -0.939. The van der Waals surface area contributed by atoms with Crippen molar-refractivity contribution in [1.29, 1.82) is 0 Å². The maximum atomic E-state index is 11.2. The van der Waals surface area contributed by atoms with Crippen molar-refractivity contribution in [2.75, 3.05) is 18.5 Å². The van der Waals surface area contributed by atoms with Crippen molar-refractivity contribution in [3.63, 3.8) is 0 Å². The minimum absolute atomic E-state index is 0.0469. The maximum absolute atomic E-state index is 11.2. The zero-order valence-corrected chi connectivity index (χ0v) is 9.59. The van der Waals surface area contributed by atoms with Crippen molar-refractivity contribution in [3.8, 4) is 5.88 Å². The fraction of sp³-hybridized carbons (Fsp3) is 0.455. The van der Waals surface area contributed by atoms with E-state index >= 15 is 0 Å². The lowest BCUT2D eigenvalue weighted by Crippen LogP contribution is -2.21. The van der Waals surface area contributed by atoms with Gasteiger partial charge in [-0.05, 0) is 6.07 Å². The van der Waals surface area contributed by atoms with Crippen LogP contribution in [0.25, 0.3) is 0 Å². The first-order valence-electron chi connectivity index (χ1n) is 5.33. The van der Waals surface area contributed by atoms with E-state index in [4.69, 9.17) is 14.9 Å². The average molecular weight is 240 g/mol. The highest BCUT2D eigenvalue weighted by Crippen LogP contribution is 2.14. The molecule has 6 heteroatoms. The van der Waals surface area contributed by atoms with Crippen molar-refractivity contribution in [3.05, 3.63) is 18.3 Å². The molecule has 1 rings (SSSR count). The summed E-state index contributed by atoms with van der Waals surface area (Å²) >= 11 is 0. The van der Waals surface area contributed by atoms with Crippen LogP contribution in [0, 0.1) is 0 Å². The molecule has 0 aliphatic heterocycles. The van der Waals surface area contributed by atoms with Gasteiger partial charge in [-0.15, -0.1) is 0 Å². The third-order valence-corrected chi connectivity index (χ3v) is 1.97. The number of pyridine rings is 1. The molecule has 1 atom stereocenters. The first-order chi connectivity index (χ1) is 8.15. The number of carbonyl (C=O) groups excluding carboxylic acids is 1. The Bertz CT molecular complexity index is 370. The van der Waals surface area contributed by atoms with Crippen LogP contribution in [0.3, 0.4) is 0 Å². The number of amides is 1. The van der Waals surface area contributed by atoms with E-state index in [1.54, 1.807) is 19.1 Å². The molecule has 1 aromatic rings. The van der Waals surface area contributed by atoms with E-state index in [-0.39, 0.29) is 25.0 Å². The van der Waals surface area contributed by atoms with Crippen LogP contribution in [0.2, 0.25) is 0 Å². The molecule has 0 bridgehead atoms. The van der Waals surface area contributed by atoms with Crippen molar-refractivity contribution in [1.82, 2.24) is 4.98 Å². The molecule has 0 saturated heterocycles. The van der Waals surface area contributed by atoms with Crippen LogP contribution in [0.5, 0.6) is 5.88 Å². The van der Waals surface area contributed by atoms with Gasteiger partial charge in [-0.1, -0.05) is 6.92 Å². The molecule has 0 fully saturated rings. The number of aliphatic hydroxyl groups excluding tert-OH is 2. The Morgan fingerprint density at radius 3 is 3.06 bits per heavy atom. The Hall–Kier alpha value is -1.66. The molecular formula is C11H16N2O4. The summed E-state index contributed by atoms with van der Waals surface area (Å²) in [5, 5.41) is 20.4. The van der Waals surface area contributed by atoms with Crippen molar-refractivity contribution >= 4 is 11.6 Å². The Balaban J connectivity index is 2.56. The number of hydrogen-bond donors (Lipinski definition) is 3. The molecule has 0 aliphatic rings. The predicted molar refractivity (Wildman–Crippen MR) is 61.7 cm³/mol. The fourth-order valence-corrected chi connectivity index (χ4v) is 1.05. The largest absolute Gasteiger partial charge is 0.475 e. The number of ether oxygens (including phenoxy) is 1. The smallest absolute Gasteiger partial charge is 0.224 e. The van der Waals surface area contributed by atoms with E-state index < -0.39 is 6.10 Å². The number of nitrogens with one attached hydrogen (secondary N) is 1. The minimum Gasteiger partial charge on any atom is -0.475 e. The normalized spacial score (nSPS) is 11.9. The summed E-state index contributed by atoms with van der Waals surface area (Å²) in [4.78, 5) is 15.1. The molecule has 0 unspecified atom stereocenters. The highest BCUT2D eigenvalue weighted by Gasteiger charge is 2.05. The SMILES string of the molecule is CCC(=O)Nc1ccnc(OC[C@H](O)CO)c1. The van der Waals surface area contributed by atoms with Gasteiger partial charge in [-0.2, -0.15) is 0 Å². The summed E-state index contributed by atoms with van der Waals surface area (Å²) in [6.45, 7) is 1.34. The number of anilines is 1. The number of nitrogens with zero attached hydrogens (tertiary/aromatic N) is 1. The Morgan fingerprint density at radius 2 is 2.41 bits per heavy atom. The van der Waals surface area contributed by atoms with Gasteiger partial charge in [0.15, 0.2) is 0 Å². The summed E-state index contributed by atoms with van der Waals surface area (Å²) in [7, 11) is 0. The molecule has 0 aliphatic carbocycles. The highest BCUT2D eigenvalue weighted by atomic mass is 16.5. The van der Waals surface area contributed by atoms with E-state index in [1.807, 2.05) is 0 Å². The van der Waals surface area contributed by atoms with Gasteiger partial charge in [0.25, 0.3) is 0 Å². The molecule has 0 spiro atoms. The summed E-state index contributed by atoms with van der Waals surface area (Å²) in [5.41, 5.74) is 0.584. The molecule has 94 valence electrons. The van der Waals surface area contributed by atoms with Crippen molar-refractivity contribution in [2.24, 2.45) is 0 Å². The van der Waals surface area contributed by atoms with Gasteiger partial charge in [0.05, 0.1) is 6.61 Å². The first-order valence-corrected chi connectivity index (χ1v) is 5.33. The number of aromatic nitrogens is 1. The molecule has 0 aromatic carbocycles. The first kappa shape index (κ1) is 13.4. The van der Waals surface area contributed by atoms with Gasteiger partial charge >= 0.3 is 0 Å². The lowest BCUT2D eigenvalue weighted by atomic mass is 10.3. The van der Waals surface area contributed by atoms with Gasteiger partial charge in [0.1, 0.15) is 12.7 Å². The third-order valence-electron chi connectivity index (χ3n) is 1.97. The van der Waals surface area contributed by atoms with Gasteiger partial charge < -0.3 is 20.3 Å². The second-order valence-corrected chi connectivity index (χ2v) is 3.43. The molecule has 1 aromatic heterocycles. The van der Waals surface area contributed by atoms with Crippen molar-refractivity contribution < 1.29 is 19.7 Å². The molecule has 6 nitrogen and oxygen atoms in total. The average Bonchev–Trinajstić information content (AvgIpc) is 2.36. The number of rotatable bonds is 6. The van der Waals surface area contributed by atoms with E-state index in [0.717, 1.165) is 0 Å². The summed E-state index contributed by atoms with van der Waals surface area (Å²) < 4.78 is 5.14. The van der Waals surface area contributed by atoms with Crippen LogP contribution in [-0.4, -0.2) is 40.4 Å². The topological polar surface area (TPSA) is 91.7 Å². The Kier molecular flexibility index (Phi) is 5.38. The van der Waals surface area contributed by atoms with Crippen LogP contribution >= 0.6 is 0 Å². The number of carbonyl (C=O) groups is 1. The van der Waals surface area contributed by atoms with Crippen LogP contribution in [0.4, 0.5) is 5.69 Å². The van der Waals surface area contributed by atoms with Gasteiger partial charge in [0, 0.05) is 24.4 Å². The molecule has 1 amide bonds. The quantitative estimate of drug-likeness (QED) is 0.659. The van der Waals surface area contributed by atoms with Crippen molar-refractivity contribution in [2.45, 2.75) is 19.4 Å². The lowest BCUT2D eigenvalue weighted by molar-refractivity contribution is -0.115. The standard InChI is InChI=1S/C11H16N2O4/c1-2-10(16)13-8-3-4-12-11(5-8)17-7-9(15)6-14/h3-5,9,14-15H,2,6-7H2,1H3,(H,12,13,16)/t9-/m1/s1. The second kappa shape index (κ2) is 6.82. The third kappa shape index (κ3) is 4.80. The van der Waals surface area contributed by atoms with Gasteiger partial charge in [0.2, 0.25) is 11.8 Å². The van der Waals surface area contributed by atoms with Crippen LogP contribution < -0.4 is 10.1 Å². The van der Waals surface area contributed by atoms with Crippen LogP contribution in [0.15, 0.2) is 18.3 Å². The highest BCUT2D eigenvalue weighted by molar-refractivity contribution is 5.90. The molecule has 3 N–H and O–H groups in total. The van der Waals surface area contributed by atoms with Crippen LogP contribution in [-0.2, 0) is 4.79 Å². The summed E-state index contributed by atoms with van der Waals surface area (Å²) in [6.07, 6.45) is 0.943. The molecule has 1 heterocycles. The Labute approximate surface area is 99.3 Å². The lowest BCUT2D eigenvalue weighted by Gasteiger charge is -2.10. The van der Waals surface area contributed by atoms with Crippen LogP contribution in [0.1, 0.15) is 13.3 Å². The Morgan fingerprint density at radius 1 is 1.65 bits per heavy atom. The van der Waals surface area contributed by atoms with Gasteiger partial charge in [-0.3, -0.25) is 4.79 Å². The van der Waals surface area contributed by atoms with Gasteiger partial charge in [-0.25, -0.2) is 4.98 Å². The maximum Gasteiger partial charge on any atom is 0.224 e. The second-order valence-electron chi connectivity index (χ2n) is 3.43. The molecule has 17 heavy (non-hydrogen) atoms. The molecule has 0 radical (unpaired) electrons. The number of hydrogen-bond acceptors (Lipinski definition) is 5. The molecule has 0 saturated carbocycles. The predicted octanol–water partition coefficient (Wildman–Crippen LogP) is 0.162. The molecular weight excluding hydrogens is 224 g/mol. The summed E-state index contributed by atoms with van der Waals surface area (Å²) in [5.74, 6) is 0.184. The number of aliphatic hydroxyl groups is 2. The zero-order valence-electron chi connectivity index (χ0n) is 9.59. The zero-order chi connectivity index (χ0) is 12.7.